The topological polar surface area (TPSA) is 124 Å². The van der Waals surface area contributed by atoms with Crippen LogP contribution in [0.2, 0.25) is 0 Å². The molecule has 4 heterocycles. The minimum atomic E-state index is -0.966. The summed E-state index contributed by atoms with van der Waals surface area (Å²) in [6.07, 6.45) is -1.80. The maximum Gasteiger partial charge on any atom is 0.312 e. The molecule has 2 aromatic heterocycles. The molecule has 11 heteroatoms. The average molecular weight is 367 g/mol. The van der Waals surface area contributed by atoms with E-state index < -0.39 is 42.4 Å². The summed E-state index contributed by atoms with van der Waals surface area (Å²) < 4.78 is 38.0. The van der Waals surface area contributed by atoms with Crippen LogP contribution < -0.4 is 5.73 Å². The molecule has 1 unspecified atom stereocenters. The Morgan fingerprint density at radius 1 is 1.38 bits per heavy atom. The third-order valence-electron chi connectivity index (χ3n) is 4.27. The Morgan fingerprint density at radius 2 is 2.12 bits per heavy atom. The van der Waals surface area contributed by atoms with Crippen molar-refractivity contribution >= 4 is 23.0 Å². The van der Waals surface area contributed by atoms with Gasteiger partial charge in [-0.3, -0.25) is 9.36 Å². The first-order valence-corrected chi connectivity index (χ1v) is 8.05. The first-order chi connectivity index (χ1) is 12.2. The molecule has 0 bridgehead atoms. The molecule has 4 rings (SSSR count). The maximum absolute atomic E-state index is 13.6. The number of carbonyl (C=O) groups is 1. The first kappa shape index (κ1) is 17.1. The molecule has 26 heavy (non-hydrogen) atoms. The van der Waals surface area contributed by atoms with Crippen molar-refractivity contribution in [3.05, 3.63) is 12.4 Å². The second-order valence-electron chi connectivity index (χ2n) is 6.63. The van der Waals surface area contributed by atoms with E-state index >= 15 is 0 Å². The number of hydrogen-bond acceptors (Lipinski definition) is 9. The smallest absolute Gasteiger partial charge is 0.312 e. The standard InChI is InChI=1S/C15H18FN5O5/c1-6(22)23-4-7-9-10(26-15(2,3)25-9)13(24-7)21-5-18-8-11(17)19-14(16)20-12(8)21/h5,7,9-10,13H,4H2,1-3H3,(H2,17,19,20)/t7-,9-,10-,13?/m1/s1. The van der Waals surface area contributed by atoms with Crippen molar-refractivity contribution in [3.8, 4) is 0 Å². The van der Waals surface area contributed by atoms with Gasteiger partial charge in [-0.2, -0.15) is 14.4 Å². The van der Waals surface area contributed by atoms with Gasteiger partial charge >= 0.3 is 12.0 Å². The number of rotatable bonds is 3. The predicted octanol–water partition coefficient (Wildman–Crippen LogP) is 0.528. The zero-order chi connectivity index (χ0) is 18.6. The molecule has 2 fully saturated rings. The lowest BCUT2D eigenvalue weighted by molar-refractivity contribution is -0.201. The quantitative estimate of drug-likeness (QED) is 0.611. The Bertz CT molecular complexity index is 871. The van der Waals surface area contributed by atoms with Crippen LogP contribution in [0.5, 0.6) is 0 Å². The van der Waals surface area contributed by atoms with Crippen LogP contribution in [-0.4, -0.2) is 56.2 Å². The second kappa shape index (κ2) is 5.83. The number of hydrogen-bond donors (Lipinski definition) is 1. The molecule has 0 aromatic carbocycles. The lowest BCUT2D eigenvalue weighted by atomic mass is 10.1. The number of halogens is 1. The number of nitrogens with zero attached hydrogens (tertiary/aromatic N) is 4. The van der Waals surface area contributed by atoms with Crippen molar-refractivity contribution < 1.29 is 28.1 Å². The molecule has 0 spiro atoms. The highest BCUT2D eigenvalue weighted by molar-refractivity contribution is 5.81. The highest BCUT2D eigenvalue weighted by Gasteiger charge is 2.56. The van der Waals surface area contributed by atoms with Crippen LogP contribution in [0.15, 0.2) is 6.33 Å². The van der Waals surface area contributed by atoms with Crippen LogP contribution in [0.25, 0.3) is 11.2 Å². The SMILES string of the molecule is CC(=O)OC[C@H]1OC(n2cnc3c(N)nc(F)nc32)[C@@H]2OC(C)(C)O[C@H]12. The largest absolute Gasteiger partial charge is 0.463 e. The molecule has 0 radical (unpaired) electrons. The molecule has 2 aliphatic rings. The van der Waals surface area contributed by atoms with Crippen molar-refractivity contribution in [1.82, 2.24) is 19.5 Å². The van der Waals surface area contributed by atoms with E-state index in [0.717, 1.165) is 0 Å². The van der Waals surface area contributed by atoms with Crippen molar-refractivity contribution in [2.24, 2.45) is 0 Å². The van der Waals surface area contributed by atoms with E-state index in [-0.39, 0.29) is 23.6 Å². The lowest BCUT2D eigenvalue weighted by Gasteiger charge is -2.24. The van der Waals surface area contributed by atoms with Crippen LogP contribution in [0.3, 0.4) is 0 Å². The van der Waals surface area contributed by atoms with E-state index in [1.165, 1.54) is 17.8 Å². The van der Waals surface area contributed by atoms with Gasteiger partial charge in [0.05, 0.1) is 6.33 Å². The van der Waals surface area contributed by atoms with Crippen molar-refractivity contribution in [2.45, 2.75) is 51.1 Å². The number of carbonyl (C=O) groups excluding carboxylic acids is 1. The number of fused-ring (bicyclic) bond motifs is 2. The van der Waals surface area contributed by atoms with Crippen LogP contribution >= 0.6 is 0 Å². The predicted molar refractivity (Wildman–Crippen MR) is 84.1 cm³/mol. The van der Waals surface area contributed by atoms with E-state index in [4.69, 9.17) is 24.7 Å². The molecule has 4 atom stereocenters. The van der Waals surface area contributed by atoms with Crippen molar-refractivity contribution in [3.63, 3.8) is 0 Å². The number of nitrogens with two attached hydrogens (primary N) is 1. The number of esters is 1. The maximum atomic E-state index is 13.6. The zero-order valence-corrected chi connectivity index (χ0v) is 14.4. The normalized spacial score (nSPS) is 29.8. The third-order valence-corrected chi connectivity index (χ3v) is 4.27. The van der Waals surface area contributed by atoms with E-state index in [0.29, 0.717) is 0 Å². The molecule has 2 aromatic rings. The fourth-order valence-corrected chi connectivity index (χ4v) is 3.31. The summed E-state index contributed by atoms with van der Waals surface area (Å²) in [5, 5.41) is 0. The molecule has 0 aliphatic carbocycles. The van der Waals surface area contributed by atoms with Gasteiger partial charge in [0.2, 0.25) is 0 Å². The van der Waals surface area contributed by atoms with Crippen molar-refractivity contribution in [2.75, 3.05) is 12.3 Å². The number of nitrogen functional groups attached to an aromatic ring is 1. The summed E-state index contributed by atoms with van der Waals surface area (Å²) in [6.45, 7) is 4.87. The summed E-state index contributed by atoms with van der Waals surface area (Å²) >= 11 is 0. The molecule has 0 amide bonds. The highest BCUT2D eigenvalue weighted by atomic mass is 19.1. The van der Waals surface area contributed by atoms with Crippen LogP contribution in [-0.2, 0) is 23.7 Å². The number of imidazole rings is 1. The first-order valence-electron chi connectivity index (χ1n) is 8.05. The lowest BCUT2D eigenvalue weighted by Crippen LogP contribution is -2.33. The molecular formula is C15H18FN5O5. The van der Waals surface area contributed by atoms with Gasteiger partial charge in [-0.15, -0.1) is 0 Å². The Hall–Kier alpha value is -2.37. The fourth-order valence-electron chi connectivity index (χ4n) is 3.31. The van der Waals surface area contributed by atoms with Gasteiger partial charge in [0.15, 0.2) is 29.0 Å². The second-order valence-corrected chi connectivity index (χ2v) is 6.63. The van der Waals surface area contributed by atoms with Gasteiger partial charge in [-0.05, 0) is 13.8 Å². The molecule has 2 saturated heterocycles. The van der Waals surface area contributed by atoms with E-state index in [9.17, 15) is 9.18 Å². The Labute approximate surface area is 147 Å². The average Bonchev–Trinajstić information content (AvgIpc) is 3.16. The van der Waals surface area contributed by atoms with Crippen LogP contribution in [0.4, 0.5) is 10.2 Å². The van der Waals surface area contributed by atoms with Gasteiger partial charge in [0, 0.05) is 6.92 Å². The van der Waals surface area contributed by atoms with E-state index in [1.807, 2.05) is 0 Å². The van der Waals surface area contributed by atoms with E-state index in [2.05, 4.69) is 15.0 Å². The van der Waals surface area contributed by atoms with Crippen molar-refractivity contribution in [1.29, 1.82) is 0 Å². The number of aromatic nitrogens is 4. The number of ether oxygens (including phenoxy) is 4. The number of anilines is 1. The molecule has 140 valence electrons. The molecule has 10 nitrogen and oxygen atoms in total. The molecular weight excluding hydrogens is 349 g/mol. The minimum absolute atomic E-state index is 0.00452. The fraction of sp³-hybridized carbons (Fsp3) is 0.600. The summed E-state index contributed by atoms with van der Waals surface area (Å²) in [5.74, 6) is -1.34. The van der Waals surface area contributed by atoms with Gasteiger partial charge < -0.3 is 24.7 Å². The van der Waals surface area contributed by atoms with Gasteiger partial charge in [0.1, 0.15) is 24.9 Å². The van der Waals surface area contributed by atoms with Gasteiger partial charge in [0.25, 0.3) is 0 Å². The minimum Gasteiger partial charge on any atom is -0.463 e. The highest BCUT2D eigenvalue weighted by Crippen LogP contribution is 2.43. The Balaban J connectivity index is 1.71. The summed E-state index contributed by atoms with van der Waals surface area (Å²) in [4.78, 5) is 22.5. The monoisotopic (exact) mass is 367 g/mol. The summed E-state index contributed by atoms with van der Waals surface area (Å²) in [6, 6.07) is 0. The van der Waals surface area contributed by atoms with E-state index in [1.54, 1.807) is 13.8 Å². The molecule has 2 N–H and O–H groups in total. The van der Waals surface area contributed by atoms with Gasteiger partial charge in [-0.1, -0.05) is 0 Å². The van der Waals surface area contributed by atoms with Crippen LogP contribution in [0.1, 0.15) is 27.0 Å². The third kappa shape index (κ3) is 2.77. The summed E-state index contributed by atoms with van der Waals surface area (Å²) in [7, 11) is 0. The Morgan fingerprint density at radius 3 is 2.85 bits per heavy atom. The van der Waals surface area contributed by atoms with Crippen LogP contribution in [0, 0.1) is 6.08 Å². The molecule has 2 aliphatic heterocycles. The Kier molecular flexibility index (Phi) is 3.82. The molecule has 0 saturated carbocycles. The van der Waals surface area contributed by atoms with Gasteiger partial charge in [-0.25, -0.2) is 4.98 Å². The summed E-state index contributed by atoms with van der Waals surface area (Å²) in [5.41, 5.74) is 6.14. The zero-order valence-electron chi connectivity index (χ0n) is 14.4.